The number of rotatable bonds is 7. The minimum absolute atomic E-state index is 0.199. The fourth-order valence-electron chi connectivity index (χ4n) is 2.04. The van der Waals surface area contributed by atoms with Gasteiger partial charge in [-0.2, -0.15) is 0 Å². The summed E-state index contributed by atoms with van der Waals surface area (Å²) in [5.74, 6) is 0.702. The Morgan fingerprint density at radius 2 is 1.69 bits per heavy atom. The van der Waals surface area contributed by atoms with E-state index in [0.717, 1.165) is 30.7 Å². The van der Waals surface area contributed by atoms with E-state index in [0.29, 0.717) is 5.11 Å². The van der Waals surface area contributed by atoms with E-state index in [2.05, 4.69) is 26.4 Å². The lowest BCUT2D eigenvalue weighted by Crippen LogP contribution is -2.44. The van der Waals surface area contributed by atoms with Gasteiger partial charge in [-0.15, -0.1) is 10.2 Å². The van der Waals surface area contributed by atoms with Crippen LogP contribution in [0.4, 0.5) is 5.69 Å². The van der Waals surface area contributed by atoms with Crippen molar-refractivity contribution >= 4 is 75.4 Å². The molecule has 0 fully saturated rings. The number of para-hydroxylation sites is 1. The summed E-state index contributed by atoms with van der Waals surface area (Å²) in [4.78, 5) is 12.0. The zero-order valence-corrected chi connectivity index (χ0v) is 18.9. The van der Waals surface area contributed by atoms with Gasteiger partial charge in [0.15, 0.2) is 13.8 Å². The van der Waals surface area contributed by atoms with Crippen LogP contribution in [0.2, 0.25) is 5.02 Å². The van der Waals surface area contributed by atoms with Gasteiger partial charge in [-0.05, 0) is 36.0 Å². The highest BCUT2D eigenvalue weighted by Gasteiger charge is 2.10. The smallest absolute Gasteiger partial charge is 0.248 e. The molecule has 1 aromatic heterocycles. The third-order valence-electron chi connectivity index (χ3n) is 3.37. The van der Waals surface area contributed by atoms with Crippen LogP contribution in [-0.2, 0) is 10.5 Å². The molecule has 0 radical (unpaired) electrons. The van der Waals surface area contributed by atoms with Crippen LogP contribution in [0.1, 0.15) is 5.56 Å². The minimum Gasteiger partial charge on any atom is -0.331 e. The van der Waals surface area contributed by atoms with Gasteiger partial charge in [0.25, 0.3) is 0 Å². The summed E-state index contributed by atoms with van der Waals surface area (Å²) < 4.78 is 1.56. The van der Waals surface area contributed by atoms with Crippen molar-refractivity contribution in [3.8, 4) is 0 Å². The molecule has 6 nitrogen and oxygen atoms in total. The summed E-state index contributed by atoms with van der Waals surface area (Å²) in [5.41, 5.74) is 7.12. The summed E-state index contributed by atoms with van der Waals surface area (Å²) in [6.45, 7) is 0. The van der Waals surface area contributed by atoms with Gasteiger partial charge in [0.1, 0.15) is 0 Å². The molecule has 3 N–H and O–H groups in total. The van der Waals surface area contributed by atoms with Gasteiger partial charge in [-0.25, -0.2) is 0 Å². The average Bonchev–Trinajstić information content (AvgIpc) is 3.19. The van der Waals surface area contributed by atoms with Crippen LogP contribution < -0.4 is 16.2 Å². The number of halogens is 1. The van der Waals surface area contributed by atoms with E-state index in [4.69, 9.17) is 23.8 Å². The largest absolute Gasteiger partial charge is 0.331 e. The third-order valence-corrected chi connectivity index (χ3v) is 7.18. The SMILES string of the molecule is O=C(CSc1nnc(SCc2ccccc2Cl)s1)NNC(=S)Nc1ccccc1. The molecule has 2 aromatic carbocycles. The normalized spacial score (nSPS) is 10.4. The molecule has 0 saturated carbocycles. The molecule has 0 bridgehead atoms. The van der Waals surface area contributed by atoms with E-state index in [1.807, 2.05) is 54.6 Å². The molecule has 150 valence electrons. The lowest BCUT2D eigenvalue weighted by molar-refractivity contribution is -0.119. The molecule has 0 aliphatic rings. The van der Waals surface area contributed by atoms with Crippen LogP contribution in [0.15, 0.2) is 63.3 Å². The Hall–Kier alpha value is -1.85. The Morgan fingerprint density at radius 1 is 1.00 bits per heavy atom. The van der Waals surface area contributed by atoms with Crippen molar-refractivity contribution in [2.45, 2.75) is 14.4 Å². The van der Waals surface area contributed by atoms with E-state index in [1.165, 1.54) is 23.1 Å². The number of hydrogen-bond acceptors (Lipinski definition) is 7. The first-order chi connectivity index (χ1) is 14.1. The van der Waals surface area contributed by atoms with Crippen molar-refractivity contribution in [1.29, 1.82) is 0 Å². The Labute approximate surface area is 191 Å². The Morgan fingerprint density at radius 3 is 2.45 bits per heavy atom. The van der Waals surface area contributed by atoms with Crippen LogP contribution in [0.25, 0.3) is 0 Å². The predicted molar refractivity (Wildman–Crippen MR) is 126 cm³/mol. The summed E-state index contributed by atoms with van der Waals surface area (Å²) in [6, 6.07) is 17.2. The van der Waals surface area contributed by atoms with Crippen molar-refractivity contribution in [3.63, 3.8) is 0 Å². The van der Waals surface area contributed by atoms with Crippen molar-refractivity contribution < 1.29 is 4.79 Å². The number of nitrogens with one attached hydrogen (secondary N) is 3. The number of aromatic nitrogens is 2. The van der Waals surface area contributed by atoms with Gasteiger partial charge in [0, 0.05) is 16.5 Å². The second kappa shape index (κ2) is 11.4. The first-order valence-corrected chi connectivity index (χ1v) is 11.9. The number of carbonyl (C=O) groups is 1. The average molecular weight is 482 g/mol. The Kier molecular flexibility index (Phi) is 8.56. The van der Waals surface area contributed by atoms with Crippen LogP contribution >= 0.6 is 58.7 Å². The molecule has 0 saturated heterocycles. The number of anilines is 1. The summed E-state index contributed by atoms with van der Waals surface area (Å²) in [7, 11) is 0. The highest BCUT2D eigenvalue weighted by Crippen LogP contribution is 2.32. The second-order valence-corrected chi connectivity index (χ2v) is 9.73. The minimum atomic E-state index is -0.215. The topological polar surface area (TPSA) is 78.9 Å². The third kappa shape index (κ3) is 7.48. The highest BCUT2D eigenvalue weighted by atomic mass is 35.5. The zero-order chi connectivity index (χ0) is 20.5. The maximum absolute atomic E-state index is 12.0. The van der Waals surface area contributed by atoms with Crippen LogP contribution in [-0.4, -0.2) is 27.0 Å². The number of amides is 1. The fourth-order valence-corrected chi connectivity index (χ4v) is 5.32. The quantitative estimate of drug-likeness (QED) is 0.257. The molecule has 3 aromatic rings. The molecule has 0 atom stereocenters. The van der Waals surface area contributed by atoms with Crippen molar-refractivity contribution in [3.05, 3.63) is 65.2 Å². The monoisotopic (exact) mass is 481 g/mol. The van der Waals surface area contributed by atoms with Gasteiger partial charge in [0.2, 0.25) is 5.91 Å². The molecule has 3 rings (SSSR count). The van der Waals surface area contributed by atoms with Gasteiger partial charge in [-0.3, -0.25) is 15.6 Å². The maximum atomic E-state index is 12.0. The molecule has 11 heteroatoms. The second-order valence-electron chi connectivity index (χ2n) is 5.50. The summed E-state index contributed by atoms with van der Waals surface area (Å²) >= 11 is 15.6. The molecular formula is C18H16ClN5OS4. The van der Waals surface area contributed by atoms with Gasteiger partial charge < -0.3 is 5.32 Å². The molecular weight excluding hydrogens is 466 g/mol. The number of nitrogens with zero attached hydrogens (tertiary/aromatic N) is 2. The van der Waals surface area contributed by atoms with E-state index in [1.54, 1.807) is 11.8 Å². The Balaban J connectivity index is 1.37. The lowest BCUT2D eigenvalue weighted by atomic mass is 10.2. The van der Waals surface area contributed by atoms with Crippen molar-refractivity contribution in [2.24, 2.45) is 0 Å². The standard InChI is InChI=1S/C18H16ClN5OS4/c19-14-9-5-4-6-12(14)10-27-17-23-24-18(29-17)28-11-15(25)21-22-16(26)20-13-7-2-1-3-8-13/h1-9H,10-11H2,(H,21,25)(H2,20,22,26). The predicted octanol–water partition coefficient (Wildman–Crippen LogP) is 4.59. The molecule has 1 heterocycles. The summed E-state index contributed by atoms with van der Waals surface area (Å²) in [5, 5.41) is 12.3. The molecule has 0 aliphatic heterocycles. The van der Waals surface area contributed by atoms with Gasteiger partial charge in [0.05, 0.1) is 5.75 Å². The zero-order valence-electron chi connectivity index (χ0n) is 14.9. The first-order valence-electron chi connectivity index (χ1n) is 8.33. The molecule has 0 aliphatic carbocycles. The van der Waals surface area contributed by atoms with Crippen molar-refractivity contribution in [1.82, 2.24) is 21.0 Å². The van der Waals surface area contributed by atoms with Gasteiger partial charge in [-0.1, -0.05) is 82.9 Å². The number of benzene rings is 2. The molecule has 29 heavy (non-hydrogen) atoms. The number of thioether (sulfide) groups is 2. The van der Waals surface area contributed by atoms with E-state index in [-0.39, 0.29) is 11.7 Å². The van der Waals surface area contributed by atoms with Gasteiger partial charge >= 0.3 is 0 Å². The highest BCUT2D eigenvalue weighted by molar-refractivity contribution is 8.03. The first kappa shape index (κ1) is 21.8. The van der Waals surface area contributed by atoms with E-state index in [9.17, 15) is 4.79 Å². The molecule has 0 spiro atoms. The maximum Gasteiger partial charge on any atom is 0.248 e. The van der Waals surface area contributed by atoms with E-state index < -0.39 is 0 Å². The number of thiocarbonyl (C=S) groups is 1. The lowest BCUT2D eigenvalue weighted by Gasteiger charge is -2.11. The van der Waals surface area contributed by atoms with Crippen LogP contribution in [0.3, 0.4) is 0 Å². The number of hydrogen-bond donors (Lipinski definition) is 3. The van der Waals surface area contributed by atoms with Crippen LogP contribution in [0.5, 0.6) is 0 Å². The summed E-state index contributed by atoms with van der Waals surface area (Å²) in [6.07, 6.45) is 0. The fraction of sp³-hybridized carbons (Fsp3) is 0.111. The van der Waals surface area contributed by atoms with Crippen molar-refractivity contribution in [2.75, 3.05) is 11.1 Å². The molecule has 1 amide bonds. The Bertz CT molecular complexity index is 970. The number of hydrazine groups is 1. The molecule has 0 unspecified atom stereocenters. The van der Waals surface area contributed by atoms with Crippen LogP contribution in [0, 0.1) is 0 Å². The van der Waals surface area contributed by atoms with E-state index >= 15 is 0 Å². The number of carbonyl (C=O) groups excluding carboxylic acids is 1.